The first-order valence-electron chi connectivity index (χ1n) is 7.29. The molecule has 0 aliphatic heterocycles. The standard InChI is InChI=1S/C14H28N4/c1-5-10-18-14(16-11-17-18)9-7-8-13(12(3)4)15-6-2/h11-13,15H,5-10H2,1-4H3. The van der Waals surface area contributed by atoms with Gasteiger partial charge in [0.1, 0.15) is 12.2 Å². The third-order valence-corrected chi connectivity index (χ3v) is 3.32. The van der Waals surface area contributed by atoms with Gasteiger partial charge in [0.25, 0.3) is 0 Å². The van der Waals surface area contributed by atoms with Gasteiger partial charge in [-0.1, -0.05) is 27.7 Å². The highest BCUT2D eigenvalue weighted by Crippen LogP contribution is 2.11. The van der Waals surface area contributed by atoms with Crippen molar-refractivity contribution in [3.05, 3.63) is 12.2 Å². The Labute approximate surface area is 111 Å². The molecule has 0 saturated carbocycles. The van der Waals surface area contributed by atoms with Gasteiger partial charge in [-0.2, -0.15) is 5.10 Å². The van der Waals surface area contributed by atoms with Crippen molar-refractivity contribution in [1.82, 2.24) is 20.1 Å². The molecule has 0 spiro atoms. The zero-order chi connectivity index (χ0) is 13.4. The molecule has 1 heterocycles. The van der Waals surface area contributed by atoms with Gasteiger partial charge in [-0.15, -0.1) is 0 Å². The van der Waals surface area contributed by atoms with Gasteiger partial charge in [0.15, 0.2) is 0 Å². The lowest BCUT2D eigenvalue weighted by Gasteiger charge is -2.21. The number of rotatable bonds is 9. The lowest BCUT2D eigenvalue weighted by molar-refractivity contribution is 0.374. The van der Waals surface area contributed by atoms with E-state index < -0.39 is 0 Å². The van der Waals surface area contributed by atoms with E-state index in [1.807, 2.05) is 4.68 Å². The minimum Gasteiger partial charge on any atom is -0.314 e. The van der Waals surface area contributed by atoms with Crippen LogP contribution in [-0.4, -0.2) is 27.4 Å². The molecule has 1 aromatic rings. The summed E-state index contributed by atoms with van der Waals surface area (Å²) in [4.78, 5) is 4.35. The monoisotopic (exact) mass is 252 g/mol. The van der Waals surface area contributed by atoms with Crippen molar-refractivity contribution in [1.29, 1.82) is 0 Å². The summed E-state index contributed by atoms with van der Waals surface area (Å²) in [5, 5.41) is 7.82. The van der Waals surface area contributed by atoms with Gasteiger partial charge in [-0.05, 0) is 31.7 Å². The van der Waals surface area contributed by atoms with Crippen LogP contribution in [-0.2, 0) is 13.0 Å². The van der Waals surface area contributed by atoms with Gasteiger partial charge < -0.3 is 5.32 Å². The Balaban J connectivity index is 2.37. The number of aryl methyl sites for hydroxylation is 2. The largest absolute Gasteiger partial charge is 0.314 e. The van der Waals surface area contributed by atoms with Crippen molar-refractivity contribution in [2.24, 2.45) is 5.92 Å². The highest BCUT2D eigenvalue weighted by atomic mass is 15.3. The summed E-state index contributed by atoms with van der Waals surface area (Å²) in [6.07, 6.45) is 6.22. The molecule has 1 rings (SSSR count). The number of nitrogens with zero attached hydrogens (tertiary/aromatic N) is 3. The summed E-state index contributed by atoms with van der Waals surface area (Å²) >= 11 is 0. The van der Waals surface area contributed by atoms with E-state index in [-0.39, 0.29) is 0 Å². The summed E-state index contributed by atoms with van der Waals surface area (Å²) in [6, 6.07) is 0.623. The van der Waals surface area contributed by atoms with Crippen LogP contribution in [0.4, 0.5) is 0 Å². The second-order valence-electron chi connectivity index (χ2n) is 5.20. The number of hydrogen-bond donors (Lipinski definition) is 1. The zero-order valence-corrected chi connectivity index (χ0v) is 12.3. The second kappa shape index (κ2) is 8.25. The molecule has 1 unspecified atom stereocenters. The Kier molecular flexibility index (Phi) is 6.94. The van der Waals surface area contributed by atoms with Crippen LogP contribution in [0.25, 0.3) is 0 Å². The van der Waals surface area contributed by atoms with Gasteiger partial charge >= 0.3 is 0 Å². The van der Waals surface area contributed by atoms with Gasteiger partial charge in [0.05, 0.1) is 0 Å². The maximum Gasteiger partial charge on any atom is 0.138 e. The van der Waals surface area contributed by atoms with Crippen molar-refractivity contribution < 1.29 is 0 Å². The minimum atomic E-state index is 0.623. The second-order valence-corrected chi connectivity index (χ2v) is 5.20. The van der Waals surface area contributed by atoms with Crippen LogP contribution in [0.2, 0.25) is 0 Å². The molecule has 0 saturated heterocycles. The van der Waals surface area contributed by atoms with E-state index in [1.165, 1.54) is 12.8 Å². The summed E-state index contributed by atoms with van der Waals surface area (Å²) in [5.74, 6) is 1.83. The number of hydrogen-bond acceptors (Lipinski definition) is 3. The molecule has 1 N–H and O–H groups in total. The molecule has 0 fully saturated rings. The molecule has 18 heavy (non-hydrogen) atoms. The summed E-state index contributed by atoms with van der Waals surface area (Å²) in [7, 11) is 0. The van der Waals surface area contributed by atoms with Crippen LogP contribution in [0.3, 0.4) is 0 Å². The molecule has 0 aliphatic rings. The third kappa shape index (κ3) is 4.77. The summed E-state index contributed by atoms with van der Waals surface area (Å²) < 4.78 is 2.04. The summed E-state index contributed by atoms with van der Waals surface area (Å²) in [5.41, 5.74) is 0. The molecular weight excluding hydrogens is 224 g/mol. The molecule has 0 aromatic carbocycles. The Morgan fingerprint density at radius 2 is 2.11 bits per heavy atom. The smallest absolute Gasteiger partial charge is 0.138 e. The first-order valence-corrected chi connectivity index (χ1v) is 7.29. The van der Waals surface area contributed by atoms with Crippen LogP contribution >= 0.6 is 0 Å². The van der Waals surface area contributed by atoms with Crippen LogP contribution in [0.5, 0.6) is 0 Å². The quantitative estimate of drug-likeness (QED) is 0.734. The van der Waals surface area contributed by atoms with E-state index >= 15 is 0 Å². The normalized spacial score (nSPS) is 13.2. The molecule has 1 aromatic heterocycles. The summed E-state index contributed by atoms with van der Waals surface area (Å²) in [6.45, 7) is 10.9. The number of nitrogens with one attached hydrogen (secondary N) is 1. The zero-order valence-electron chi connectivity index (χ0n) is 12.3. The van der Waals surface area contributed by atoms with E-state index in [0.29, 0.717) is 12.0 Å². The van der Waals surface area contributed by atoms with Crippen molar-refractivity contribution in [3.63, 3.8) is 0 Å². The van der Waals surface area contributed by atoms with Gasteiger partial charge in [-0.25, -0.2) is 4.98 Å². The fourth-order valence-electron chi connectivity index (χ4n) is 2.29. The fourth-order valence-corrected chi connectivity index (χ4v) is 2.29. The fraction of sp³-hybridized carbons (Fsp3) is 0.857. The molecule has 4 heteroatoms. The molecule has 0 radical (unpaired) electrons. The van der Waals surface area contributed by atoms with E-state index in [1.54, 1.807) is 6.33 Å². The molecule has 104 valence electrons. The highest BCUT2D eigenvalue weighted by molar-refractivity contribution is 4.85. The van der Waals surface area contributed by atoms with Gasteiger partial charge in [0, 0.05) is 19.0 Å². The average Bonchev–Trinajstić information content (AvgIpc) is 2.76. The Morgan fingerprint density at radius 3 is 2.72 bits per heavy atom. The van der Waals surface area contributed by atoms with Crippen LogP contribution in [0.1, 0.15) is 52.8 Å². The molecule has 0 aliphatic carbocycles. The topological polar surface area (TPSA) is 42.7 Å². The van der Waals surface area contributed by atoms with Crippen LogP contribution in [0.15, 0.2) is 6.33 Å². The molecule has 1 atom stereocenters. The molecule has 0 bridgehead atoms. The SMILES string of the molecule is CCCn1ncnc1CCCC(NCC)C(C)C. The van der Waals surface area contributed by atoms with Crippen molar-refractivity contribution in [2.45, 2.75) is 66.0 Å². The lowest BCUT2D eigenvalue weighted by atomic mass is 9.98. The number of aromatic nitrogens is 3. The van der Waals surface area contributed by atoms with Gasteiger partial charge in [0.2, 0.25) is 0 Å². The predicted molar refractivity (Wildman–Crippen MR) is 75.6 cm³/mol. The van der Waals surface area contributed by atoms with Crippen LogP contribution < -0.4 is 5.32 Å². The highest BCUT2D eigenvalue weighted by Gasteiger charge is 2.12. The third-order valence-electron chi connectivity index (χ3n) is 3.32. The first-order chi connectivity index (χ1) is 8.69. The molecule has 4 nitrogen and oxygen atoms in total. The van der Waals surface area contributed by atoms with E-state index in [4.69, 9.17) is 0 Å². The van der Waals surface area contributed by atoms with Crippen molar-refractivity contribution >= 4 is 0 Å². The minimum absolute atomic E-state index is 0.623. The Bertz CT molecular complexity index is 319. The average molecular weight is 252 g/mol. The van der Waals surface area contributed by atoms with Crippen molar-refractivity contribution in [3.8, 4) is 0 Å². The van der Waals surface area contributed by atoms with E-state index in [0.717, 1.165) is 31.8 Å². The van der Waals surface area contributed by atoms with Crippen LogP contribution in [0, 0.1) is 5.92 Å². The maximum atomic E-state index is 4.35. The predicted octanol–water partition coefficient (Wildman–Crippen LogP) is 2.64. The Morgan fingerprint density at radius 1 is 1.33 bits per heavy atom. The Hall–Kier alpha value is -0.900. The maximum absolute atomic E-state index is 4.35. The molecule has 0 amide bonds. The molecular formula is C14H28N4. The lowest BCUT2D eigenvalue weighted by Crippen LogP contribution is -2.33. The van der Waals surface area contributed by atoms with E-state index in [2.05, 4.69) is 43.1 Å². The van der Waals surface area contributed by atoms with Gasteiger partial charge in [-0.3, -0.25) is 4.68 Å². The first kappa shape index (κ1) is 15.2. The van der Waals surface area contributed by atoms with E-state index in [9.17, 15) is 0 Å². The van der Waals surface area contributed by atoms with Crippen molar-refractivity contribution in [2.75, 3.05) is 6.54 Å².